The summed E-state index contributed by atoms with van der Waals surface area (Å²) in [5.41, 5.74) is 6.38. The summed E-state index contributed by atoms with van der Waals surface area (Å²) in [6.45, 7) is 4.48. The maximum atomic E-state index is 12.8. The van der Waals surface area contributed by atoms with E-state index in [-0.39, 0.29) is 11.8 Å². The van der Waals surface area contributed by atoms with E-state index in [1.807, 2.05) is 97.1 Å². The number of anilines is 2. The van der Waals surface area contributed by atoms with Gasteiger partial charge in [0.2, 0.25) is 0 Å². The first-order valence-electron chi connectivity index (χ1n) is 13.9. The van der Waals surface area contributed by atoms with E-state index < -0.39 is 45.8 Å². The van der Waals surface area contributed by atoms with Crippen LogP contribution in [0.2, 0.25) is 0 Å². The quantitative estimate of drug-likeness (QED) is 0.265. The molecule has 2 aliphatic rings. The minimum absolute atomic E-state index is 0.0415. The molecule has 0 bridgehead atoms. The van der Waals surface area contributed by atoms with Crippen molar-refractivity contribution in [2.24, 2.45) is 0 Å². The van der Waals surface area contributed by atoms with Crippen LogP contribution in [0.1, 0.15) is 68.7 Å². The van der Waals surface area contributed by atoms with Crippen LogP contribution in [0, 0.1) is 0 Å². The Hall–Kier alpha value is -4.51. The van der Waals surface area contributed by atoms with E-state index in [0.717, 1.165) is 33.6 Å². The third-order valence-electron chi connectivity index (χ3n) is 7.97. The van der Waals surface area contributed by atoms with Crippen LogP contribution in [0.3, 0.4) is 0 Å². The topological polar surface area (TPSA) is 93.2 Å². The predicted molar refractivity (Wildman–Crippen MR) is 156 cm³/mol. The van der Waals surface area contributed by atoms with Crippen molar-refractivity contribution in [3.8, 4) is 0 Å². The van der Waals surface area contributed by atoms with E-state index >= 15 is 0 Å². The molecule has 6 rings (SSSR count). The van der Waals surface area contributed by atoms with Gasteiger partial charge in [0, 0.05) is 0 Å². The zero-order valence-corrected chi connectivity index (χ0v) is 25.7. The predicted octanol–water partition coefficient (Wildman–Crippen LogP) is 2.92. The number of carbonyl (C=O) groups is 4. The molecular weight excluding hydrogens is 659 g/mol. The van der Waals surface area contributed by atoms with Gasteiger partial charge >= 0.3 is 261 Å². The van der Waals surface area contributed by atoms with Gasteiger partial charge in [-0.15, -0.1) is 0 Å². The molecule has 2 heterocycles. The molecule has 2 atom stereocenters. The molecule has 4 aromatic rings. The van der Waals surface area contributed by atoms with Crippen LogP contribution in [0.5, 0.6) is 0 Å². The Morgan fingerprint density at radius 3 is 1.35 bits per heavy atom. The zero-order chi connectivity index (χ0) is 30.1. The van der Waals surface area contributed by atoms with Gasteiger partial charge in [-0.05, 0) is 0 Å². The number of hydrogen-bond acceptors (Lipinski definition) is 6. The molecule has 0 radical (unpaired) electrons. The Morgan fingerprint density at radius 1 is 0.605 bits per heavy atom. The van der Waals surface area contributed by atoms with E-state index in [0.29, 0.717) is 24.2 Å². The van der Waals surface area contributed by atoms with Gasteiger partial charge in [-0.1, -0.05) is 0 Å². The van der Waals surface area contributed by atoms with E-state index in [4.69, 9.17) is 6.13 Å². The molecule has 0 N–H and O–H groups in total. The monoisotopic (exact) mass is 687 g/mol. The Morgan fingerprint density at radius 2 is 0.977 bits per heavy atom. The van der Waals surface area contributed by atoms with Crippen molar-refractivity contribution < 1.29 is 47.3 Å². The van der Waals surface area contributed by atoms with E-state index in [1.165, 1.54) is 0 Å². The SMILES string of the molecule is CC(C(=O)O[I-]OC(=O)C(C)c1ccc(N2Cc3ccccc3C2=O)cc1)c1ccc(N2Cc3ccccc3C2=O)cc1. The maximum absolute atomic E-state index is 12.8. The van der Waals surface area contributed by atoms with Crippen LogP contribution in [-0.2, 0) is 28.8 Å². The molecule has 0 spiro atoms. The Kier molecular flexibility index (Phi) is 7.98. The van der Waals surface area contributed by atoms with Crippen molar-refractivity contribution in [2.75, 3.05) is 9.80 Å². The summed E-state index contributed by atoms with van der Waals surface area (Å²) in [7, 11) is 0. The number of fused-ring (bicyclic) bond motifs is 2. The molecule has 0 aliphatic carbocycles. The number of amides is 2. The Bertz CT molecular complexity index is 1590. The molecule has 218 valence electrons. The molecule has 0 fully saturated rings. The first-order valence-corrected chi connectivity index (χ1v) is 15.6. The van der Waals surface area contributed by atoms with Gasteiger partial charge in [-0.25, -0.2) is 0 Å². The fraction of sp³-hybridized carbons (Fsp3) is 0.176. The zero-order valence-electron chi connectivity index (χ0n) is 23.5. The second-order valence-electron chi connectivity index (χ2n) is 10.6. The van der Waals surface area contributed by atoms with Crippen LogP contribution in [-0.4, -0.2) is 23.8 Å². The molecule has 9 heteroatoms. The van der Waals surface area contributed by atoms with Crippen molar-refractivity contribution in [1.82, 2.24) is 0 Å². The molecule has 2 amide bonds. The molecular formula is C34H28IN2O6-. The van der Waals surface area contributed by atoms with Gasteiger partial charge in [-0.2, -0.15) is 0 Å². The number of nitrogens with zero attached hydrogens (tertiary/aromatic N) is 2. The molecule has 8 nitrogen and oxygen atoms in total. The number of halogens is 1. The number of carbonyl (C=O) groups excluding carboxylic acids is 4. The summed E-state index contributed by atoms with van der Waals surface area (Å²) in [5, 5.41) is 0. The van der Waals surface area contributed by atoms with Crippen molar-refractivity contribution in [3.63, 3.8) is 0 Å². The summed E-state index contributed by atoms with van der Waals surface area (Å²) >= 11 is -1.61. The summed E-state index contributed by atoms with van der Waals surface area (Å²) in [6, 6.07) is 29.6. The van der Waals surface area contributed by atoms with Crippen molar-refractivity contribution in [3.05, 3.63) is 130 Å². The fourth-order valence-corrected chi connectivity index (χ4v) is 6.50. The second-order valence-corrected chi connectivity index (χ2v) is 11.8. The summed E-state index contributed by atoms with van der Waals surface area (Å²) in [6.07, 6.45) is 0. The molecule has 2 aliphatic heterocycles. The first kappa shape index (κ1) is 28.6. The molecule has 4 aromatic carbocycles. The van der Waals surface area contributed by atoms with Gasteiger partial charge in [0.25, 0.3) is 0 Å². The number of benzene rings is 4. The normalized spacial score (nSPS) is 15.2. The average molecular weight is 688 g/mol. The first-order chi connectivity index (χ1) is 20.8. The molecule has 0 saturated carbocycles. The molecule has 2 unspecified atom stereocenters. The van der Waals surface area contributed by atoms with Gasteiger partial charge in [-0.3, -0.25) is 0 Å². The van der Waals surface area contributed by atoms with Crippen LogP contribution in [0.15, 0.2) is 97.1 Å². The van der Waals surface area contributed by atoms with Gasteiger partial charge in [0.05, 0.1) is 0 Å². The van der Waals surface area contributed by atoms with E-state index in [9.17, 15) is 19.2 Å². The number of hydrogen-bond donors (Lipinski definition) is 0. The van der Waals surface area contributed by atoms with E-state index in [2.05, 4.69) is 0 Å². The van der Waals surface area contributed by atoms with Crippen LogP contribution >= 0.6 is 0 Å². The van der Waals surface area contributed by atoms with Crippen LogP contribution < -0.4 is 31.8 Å². The summed E-state index contributed by atoms with van der Waals surface area (Å²) in [5.74, 6) is -2.18. The minimum atomic E-state index is -1.61. The van der Waals surface area contributed by atoms with Gasteiger partial charge in [0.1, 0.15) is 0 Å². The van der Waals surface area contributed by atoms with E-state index in [1.54, 1.807) is 23.6 Å². The fourth-order valence-electron chi connectivity index (χ4n) is 5.30. The van der Waals surface area contributed by atoms with Crippen LogP contribution in [0.25, 0.3) is 0 Å². The Balaban J connectivity index is 0.988. The van der Waals surface area contributed by atoms with Gasteiger partial charge in [0.15, 0.2) is 0 Å². The third kappa shape index (κ3) is 5.64. The average Bonchev–Trinajstić information content (AvgIpc) is 3.57. The van der Waals surface area contributed by atoms with Crippen molar-refractivity contribution in [2.45, 2.75) is 38.8 Å². The van der Waals surface area contributed by atoms with Gasteiger partial charge < -0.3 is 0 Å². The number of rotatable bonds is 8. The molecule has 0 saturated heterocycles. The summed E-state index contributed by atoms with van der Waals surface area (Å²) in [4.78, 5) is 54.3. The van der Waals surface area contributed by atoms with Crippen molar-refractivity contribution >= 4 is 35.1 Å². The standard InChI is InChI=1S/C34H28IN2O6/c1-21(23-11-15-27(16-12-23)36-19-25-7-3-5-9-29(25)31(36)38)33(40)42-35-43-34(41)22(2)24-13-17-28(18-14-24)37-20-26-8-4-6-10-30(26)32(37)39/h3-18,21-22H,19-20H2,1-2H3/q-1. The molecule has 0 aromatic heterocycles. The third-order valence-corrected chi connectivity index (χ3v) is 9.20. The van der Waals surface area contributed by atoms with Crippen LogP contribution in [0.4, 0.5) is 11.4 Å². The molecule has 43 heavy (non-hydrogen) atoms. The van der Waals surface area contributed by atoms with Crippen molar-refractivity contribution in [1.29, 1.82) is 0 Å². The Labute approximate surface area is 260 Å². The summed E-state index contributed by atoms with van der Waals surface area (Å²) < 4.78 is 10.7. The second kappa shape index (κ2) is 12.0.